The summed E-state index contributed by atoms with van der Waals surface area (Å²) in [5.41, 5.74) is 0. The molecule has 0 aliphatic heterocycles. The lowest BCUT2D eigenvalue weighted by Crippen LogP contribution is -2.58. The van der Waals surface area contributed by atoms with E-state index >= 15 is 0 Å². The molecule has 8 aliphatic carbocycles. The average molecular weight is 505 g/mol. The molecule has 208 valence electrons. The number of rotatable bonds is 1. The smallest absolute Gasteiger partial charge is 0.0323 e. The van der Waals surface area contributed by atoms with Crippen molar-refractivity contribution in [1.82, 2.24) is 0 Å². The van der Waals surface area contributed by atoms with Crippen LogP contribution in [0.4, 0.5) is 0 Å². The van der Waals surface area contributed by atoms with Crippen LogP contribution in [0.1, 0.15) is 142 Å². The van der Waals surface area contributed by atoms with Gasteiger partial charge in [-0.3, -0.25) is 0 Å². The van der Waals surface area contributed by atoms with Crippen molar-refractivity contribution in [1.29, 1.82) is 0 Å². The van der Waals surface area contributed by atoms with Crippen LogP contribution in [0, 0.1) is 88.8 Å². The van der Waals surface area contributed by atoms with Crippen LogP contribution in [0.5, 0.6) is 0 Å². The lowest BCUT2D eigenvalue weighted by atomic mass is 9.40. The molecule has 0 aromatic heterocycles. The monoisotopic (exact) mass is 504 g/mol. The molecule has 0 spiro atoms. The molecule has 0 aromatic carbocycles. The van der Waals surface area contributed by atoms with E-state index in [9.17, 15) is 0 Å². The van der Waals surface area contributed by atoms with E-state index in [0.29, 0.717) is 0 Å². The molecule has 0 nitrogen and oxygen atoms in total. The van der Waals surface area contributed by atoms with Crippen LogP contribution >= 0.6 is 0 Å². The molecule has 0 heterocycles. The summed E-state index contributed by atoms with van der Waals surface area (Å²) in [5.74, 6) is 16.9. The first-order chi connectivity index (χ1) is 18.3. The van der Waals surface area contributed by atoms with Gasteiger partial charge in [-0.15, -0.1) is 0 Å². The quantitative estimate of drug-likeness (QED) is 0.333. The van der Waals surface area contributed by atoms with Crippen molar-refractivity contribution in [2.24, 2.45) is 88.8 Å². The van der Waals surface area contributed by atoms with Crippen LogP contribution in [-0.2, 0) is 0 Å². The predicted molar refractivity (Wildman–Crippen MR) is 155 cm³/mol. The zero-order valence-corrected chi connectivity index (χ0v) is 24.5. The molecule has 14 atom stereocenters. The van der Waals surface area contributed by atoms with E-state index in [1.165, 1.54) is 0 Å². The Hall–Kier alpha value is 0. The van der Waals surface area contributed by atoms with Gasteiger partial charge in [0, 0.05) is 0 Å². The molecule has 8 fully saturated rings. The van der Waals surface area contributed by atoms with Crippen LogP contribution in [-0.4, -0.2) is 0 Å². The Bertz CT molecular complexity index is 792. The lowest BCUT2D eigenvalue weighted by molar-refractivity contribution is -0.165. The Labute approximate surface area is 230 Å². The minimum Gasteiger partial charge on any atom is -0.0620 e. The summed E-state index contributed by atoms with van der Waals surface area (Å²) in [6.07, 6.45) is 33.8. The molecule has 8 rings (SSSR count). The van der Waals surface area contributed by atoms with Crippen LogP contribution in [0.3, 0.4) is 0 Å². The lowest BCUT2D eigenvalue weighted by Gasteiger charge is -2.65. The zero-order chi connectivity index (χ0) is 24.5. The third kappa shape index (κ3) is 4.08. The van der Waals surface area contributed by atoms with Gasteiger partial charge in [0.15, 0.2) is 0 Å². The third-order valence-electron chi connectivity index (χ3n) is 15.9. The minimum absolute atomic E-state index is 1.05. The first-order valence-corrected chi connectivity index (χ1v) is 18.3. The molecule has 0 saturated heterocycles. The second-order valence-electron chi connectivity index (χ2n) is 16.8. The van der Waals surface area contributed by atoms with E-state index < -0.39 is 0 Å². The van der Waals surface area contributed by atoms with Gasteiger partial charge in [-0.2, -0.15) is 0 Å². The summed E-state index contributed by atoms with van der Waals surface area (Å²) in [7, 11) is 0. The van der Waals surface area contributed by atoms with Crippen LogP contribution < -0.4 is 0 Å². The topological polar surface area (TPSA) is 0 Å². The maximum absolute atomic E-state index is 2.81. The molecular weight excluding hydrogens is 444 g/mol. The van der Waals surface area contributed by atoms with E-state index in [1.54, 1.807) is 135 Å². The zero-order valence-electron chi connectivity index (χ0n) is 24.5. The Morgan fingerprint density at radius 3 is 1.41 bits per heavy atom. The Morgan fingerprint density at radius 1 is 0.297 bits per heavy atom. The van der Waals surface area contributed by atoms with Crippen LogP contribution in [0.15, 0.2) is 0 Å². The maximum Gasteiger partial charge on any atom is -0.0323 e. The molecule has 37 heavy (non-hydrogen) atoms. The van der Waals surface area contributed by atoms with Crippen LogP contribution in [0.2, 0.25) is 0 Å². The summed E-state index contributed by atoms with van der Waals surface area (Å²) < 4.78 is 0. The fourth-order valence-electron chi connectivity index (χ4n) is 14.7. The highest BCUT2D eigenvalue weighted by Gasteiger charge is 2.60. The first kappa shape index (κ1) is 24.8. The molecule has 8 aliphatic rings. The first-order valence-electron chi connectivity index (χ1n) is 18.3. The van der Waals surface area contributed by atoms with Crippen molar-refractivity contribution in [2.75, 3.05) is 0 Å². The maximum atomic E-state index is 2.81. The van der Waals surface area contributed by atoms with E-state index in [4.69, 9.17) is 0 Å². The van der Waals surface area contributed by atoms with Crippen molar-refractivity contribution < 1.29 is 0 Å². The van der Waals surface area contributed by atoms with Gasteiger partial charge in [-0.05, 0) is 140 Å². The van der Waals surface area contributed by atoms with Gasteiger partial charge in [-0.1, -0.05) is 90.4 Å². The van der Waals surface area contributed by atoms with E-state index in [2.05, 4.69) is 6.92 Å². The number of hydrogen-bond acceptors (Lipinski definition) is 0. The molecule has 0 heteroatoms. The van der Waals surface area contributed by atoms with Gasteiger partial charge in [0.05, 0.1) is 0 Å². The minimum atomic E-state index is 1.05. The highest BCUT2D eigenvalue weighted by atomic mass is 14.7. The van der Waals surface area contributed by atoms with Crippen molar-refractivity contribution in [3.05, 3.63) is 0 Å². The summed E-state index contributed by atoms with van der Waals surface area (Å²) >= 11 is 0. The average Bonchev–Trinajstić information content (AvgIpc) is 2.96. The molecule has 0 amide bonds. The summed E-state index contributed by atoms with van der Waals surface area (Å²) in [6.45, 7) is 2.81. The van der Waals surface area contributed by atoms with Crippen molar-refractivity contribution in [3.8, 4) is 0 Å². The van der Waals surface area contributed by atoms with Crippen molar-refractivity contribution >= 4 is 0 Å². The van der Waals surface area contributed by atoms with E-state index in [0.717, 1.165) is 88.8 Å². The molecule has 8 saturated carbocycles. The molecule has 0 aromatic rings. The molecular formula is C37H60. The van der Waals surface area contributed by atoms with E-state index in [-0.39, 0.29) is 0 Å². The number of fused-ring (bicyclic) bond motifs is 9. The molecule has 0 unspecified atom stereocenters. The van der Waals surface area contributed by atoms with Crippen molar-refractivity contribution in [2.45, 2.75) is 142 Å². The number of hydrogen-bond donors (Lipinski definition) is 0. The second-order valence-corrected chi connectivity index (χ2v) is 16.8. The summed E-state index contributed by atoms with van der Waals surface area (Å²) in [5, 5.41) is 0. The molecule has 0 bridgehead atoms. The van der Waals surface area contributed by atoms with Gasteiger partial charge >= 0.3 is 0 Å². The largest absolute Gasteiger partial charge is 0.0620 e. The summed E-state index contributed by atoms with van der Waals surface area (Å²) in [6, 6.07) is 0. The Kier molecular flexibility index (Phi) is 6.78. The normalized spacial score (nSPS) is 56.0. The van der Waals surface area contributed by atoms with Gasteiger partial charge in [0.2, 0.25) is 0 Å². The Morgan fingerprint density at radius 2 is 0.730 bits per heavy atom. The molecule has 0 N–H and O–H groups in total. The summed E-state index contributed by atoms with van der Waals surface area (Å²) in [4.78, 5) is 0. The molecule has 0 radical (unpaired) electrons. The van der Waals surface area contributed by atoms with Crippen LogP contribution in [0.25, 0.3) is 0 Å². The fraction of sp³-hybridized carbons (Fsp3) is 1.00. The second kappa shape index (κ2) is 10.1. The van der Waals surface area contributed by atoms with Gasteiger partial charge < -0.3 is 0 Å². The predicted octanol–water partition coefficient (Wildman–Crippen LogP) is 10.6. The third-order valence-corrected chi connectivity index (χ3v) is 15.9. The van der Waals surface area contributed by atoms with E-state index in [1.807, 2.05) is 0 Å². The SMILES string of the molecule is C[C@H]1[C@H]2CCCC[C@H]2[C@@H](C2CCCCC2)[C@H]2C[C@H]3[C@H]4CCCC[C@H]4[C@H]4C[C@H]5CCCC[C@H]5C[C@H]4[C@H]3C[C@@H]12. The van der Waals surface area contributed by atoms with Gasteiger partial charge in [0.1, 0.15) is 0 Å². The Balaban J connectivity index is 1.14. The highest BCUT2D eigenvalue weighted by molar-refractivity contribution is 5.09. The standard InChI is InChI=1S/C37H60/c1-23-27-15-7-10-18-30(27)37(24-11-3-2-4-12-24)36-22-34-29-17-9-8-16-28(29)32-19-25-13-5-6-14-26(25)20-33(32)35(34)21-31(23)36/h23-37H,2-22H2,1H3/t23-,25+,26-,27+,28+,29-,30+,31-,32+,33+,34-,35+,36-,37+/m0/s1. The fourth-order valence-corrected chi connectivity index (χ4v) is 14.7. The highest BCUT2D eigenvalue weighted by Crippen LogP contribution is 2.68. The van der Waals surface area contributed by atoms with Gasteiger partial charge in [0.25, 0.3) is 0 Å². The van der Waals surface area contributed by atoms with Gasteiger partial charge in [-0.25, -0.2) is 0 Å². The van der Waals surface area contributed by atoms with Crippen molar-refractivity contribution in [3.63, 3.8) is 0 Å².